The van der Waals surface area contributed by atoms with Crippen LogP contribution in [0.1, 0.15) is 42.0 Å². The fourth-order valence-electron chi connectivity index (χ4n) is 4.36. The summed E-state index contributed by atoms with van der Waals surface area (Å²) in [4.78, 5) is 29.0. The van der Waals surface area contributed by atoms with E-state index < -0.39 is 10.0 Å². The molecule has 2 fully saturated rings. The summed E-state index contributed by atoms with van der Waals surface area (Å²) in [5, 5.41) is 2.84. The lowest BCUT2D eigenvalue weighted by atomic mass is 10.2. The Morgan fingerprint density at radius 3 is 2.12 bits per heavy atom. The number of nitrogens with one attached hydrogen (secondary N) is 1. The van der Waals surface area contributed by atoms with Crippen LogP contribution in [-0.4, -0.2) is 80.2 Å². The Kier molecular flexibility index (Phi) is 7.70. The van der Waals surface area contributed by atoms with Crippen molar-refractivity contribution in [2.75, 3.05) is 51.1 Å². The fourth-order valence-corrected chi connectivity index (χ4v) is 5.88. The van der Waals surface area contributed by atoms with Gasteiger partial charge in [-0.05, 0) is 56.2 Å². The fraction of sp³-hybridized carbons (Fsp3) is 0.500. The average molecular weight is 489 g/mol. The van der Waals surface area contributed by atoms with Gasteiger partial charge in [0.1, 0.15) is 5.76 Å². The smallest absolute Gasteiger partial charge is 0.289 e. The number of aryl methyl sites for hydroxylation is 1. The highest BCUT2D eigenvalue weighted by Gasteiger charge is 2.26. The number of hydrogen-bond donors (Lipinski definition) is 1. The molecule has 1 aromatic carbocycles. The molecular weight excluding hydrogens is 456 g/mol. The Balaban J connectivity index is 1.26. The molecule has 0 atom stereocenters. The Hall–Kier alpha value is -2.69. The maximum absolute atomic E-state index is 12.9. The molecule has 184 valence electrons. The zero-order valence-corrected chi connectivity index (χ0v) is 20.3. The first kappa shape index (κ1) is 24.4. The van der Waals surface area contributed by atoms with Gasteiger partial charge < -0.3 is 14.6 Å². The number of carbonyl (C=O) groups excluding carboxylic acids is 2. The number of sulfonamides is 1. The molecule has 2 amide bonds. The quantitative estimate of drug-likeness (QED) is 0.670. The number of nitrogens with zero attached hydrogens (tertiary/aromatic N) is 3. The lowest BCUT2D eigenvalue weighted by molar-refractivity contribution is -0.117. The van der Waals surface area contributed by atoms with Gasteiger partial charge in [0.25, 0.3) is 5.91 Å². The lowest BCUT2D eigenvalue weighted by Gasteiger charge is -2.33. The number of furan rings is 1. The lowest BCUT2D eigenvalue weighted by Crippen LogP contribution is -2.50. The van der Waals surface area contributed by atoms with E-state index in [1.54, 1.807) is 52.5 Å². The predicted octanol–water partition coefficient (Wildman–Crippen LogP) is 2.55. The third kappa shape index (κ3) is 5.86. The zero-order chi connectivity index (χ0) is 24.1. The number of rotatable bonds is 6. The molecule has 1 N–H and O–H groups in total. The molecule has 2 saturated heterocycles. The minimum absolute atomic E-state index is 0.132. The maximum Gasteiger partial charge on any atom is 0.289 e. The minimum Gasteiger partial charge on any atom is -0.456 e. The molecule has 2 aromatic rings. The van der Waals surface area contributed by atoms with Crippen molar-refractivity contribution in [2.45, 2.75) is 37.5 Å². The number of piperazine rings is 1. The van der Waals surface area contributed by atoms with Gasteiger partial charge in [-0.25, -0.2) is 8.42 Å². The SMILES string of the molecule is Cc1ccc(C(=O)N2CCN(CC(=O)Nc3ccc(S(=O)(=O)N4CCCCCC4)cc3)CC2)o1. The molecule has 2 aliphatic heterocycles. The van der Waals surface area contributed by atoms with E-state index >= 15 is 0 Å². The van der Waals surface area contributed by atoms with Crippen LogP contribution in [0.3, 0.4) is 0 Å². The first-order chi connectivity index (χ1) is 16.3. The molecule has 0 radical (unpaired) electrons. The van der Waals surface area contributed by atoms with Crippen molar-refractivity contribution in [1.82, 2.24) is 14.1 Å². The monoisotopic (exact) mass is 488 g/mol. The predicted molar refractivity (Wildman–Crippen MR) is 128 cm³/mol. The second kappa shape index (κ2) is 10.7. The Morgan fingerprint density at radius 1 is 0.882 bits per heavy atom. The number of amides is 2. The van der Waals surface area contributed by atoms with Crippen molar-refractivity contribution >= 4 is 27.5 Å². The molecule has 2 aliphatic rings. The van der Waals surface area contributed by atoms with Crippen molar-refractivity contribution in [1.29, 1.82) is 0 Å². The minimum atomic E-state index is -3.51. The summed E-state index contributed by atoms with van der Waals surface area (Å²) >= 11 is 0. The van der Waals surface area contributed by atoms with Gasteiger partial charge in [-0.2, -0.15) is 4.31 Å². The van der Waals surface area contributed by atoms with Crippen molar-refractivity contribution in [3.63, 3.8) is 0 Å². The van der Waals surface area contributed by atoms with Crippen molar-refractivity contribution < 1.29 is 22.4 Å². The largest absolute Gasteiger partial charge is 0.456 e. The number of benzene rings is 1. The summed E-state index contributed by atoms with van der Waals surface area (Å²) in [6, 6.07) is 9.81. The van der Waals surface area contributed by atoms with Crippen LogP contribution in [0.2, 0.25) is 0 Å². The highest BCUT2D eigenvalue weighted by molar-refractivity contribution is 7.89. The number of anilines is 1. The summed E-state index contributed by atoms with van der Waals surface area (Å²) < 4.78 is 32.8. The molecule has 3 heterocycles. The standard InChI is InChI=1S/C24H32N4O5S/c1-19-6-11-22(33-19)24(30)27-16-14-26(15-17-27)18-23(29)25-20-7-9-21(10-8-20)34(31,32)28-12-4-2-3-5-13-28/h6-11H,2-5,12-18H2,1H3,(H,25,29). The van der Waals surface area contributed by atoms with Crippen LogP contribution in [0.5, 0.6) is 0 Å². The summed E-state index contributed by atoms with van der Waals surface area (Å²) in [6.07, 6.45) is 3.90. The molecule has 34 heavy (non-hydrogen) atoms. The van der Waals surface area contributed by atoms with Crippen molar-refractivity contribution in [2.24, 2.45) is 0 Å². The molecule has 4 rings (SSSR count). The molecule has 0 spiro atoms. The van der Waals surface area contributed by atoms with E-state index in [-0.39, 0.29) is 23.3 Å². The van der Waals surface area contributed by atoms with Crippen LogP contribution in [0.4, 0.5) is 5.69 Å². The molecule has 0 unspecified atom stereocenters. The topological polar surface area (TPSA) is 103 Å². The molecule has 0 aliphatic carbocycles. The van der Waals surface area contributed by atoms with Gasteiger partial charge in [0.05, 0.1) is 11.4 Å². The van der Waals surface area contributed by atoms with Crippen LogP contribution in [-0.2, 0) is 14.8 Å². The van der Waals surface area contributed by atoms with E-state index in [2.05, 4.69) is 5.32 Å². The van der Waals surface area contributed by atoms with E-state index in [1.165, 1.54) is 0 Å². The molecule has 1 aromatic heterocycles. The van der Waals surface area contributed by atoms with Gasteiger partial charge in [-0.1, -0.05) is 12.8 Å². The molecular formula is C24H32N4O5S. The molecule has 10 heteroatoms. The van der Waals surface area contributed by atoms with Gasteiger partial charge in [0, 0.05) is 45.0 Å². The summed E-state index contributed by atoms with van der Waals surface area (Å²) in [7, 11) is -3.51. The molecule has 0 bridgehead atoms. The highest BCUT2D eigenvalue weighted by Crippen LogP contribution is 2.22. The van der Waals surface area contributed by atoms with E-state index in [0.29, 0.717) is 56.5 Å². The second-order valence-electron chi connectivity index (χ2n) is 8.87. The van der Waals surface area contributed by atoms with Gasteiger partial charge in [-0.15, -0.1) is 0 Å². The highest BCUT2D eigenvalue weighted by atomic mass is 32.2. The van der Waals surface area contributed by atoms with Crippen LogP contribution >= 0.6 is 0 Å². The maximum atomic E-state index is 12.9. The Labute approximate surface area is 200 Å². The van der Waals surface area contributed by atoms with Crippen LogP contribution in [0.25, 0.3) is 0 Å². The van der Waals surface area contributed by atoms with Crippen LogP contribution in [0, 0.1) is 6.92 Å². The molecule has 9 nitrogen and oxygen atoms in total. The van der Waals surface area contributed by atoms with E-state index in [0.717, 1.165) is 25.7 Å². The average Bonchev–Trinajstić information content (AvgIpc) is 3.07. The third-order valence-corrected chi connectivity index (χ3v) is 8.23. The van der Waals surface area contributed by atoms with Crippen LogP contribution in [0.15, 0.2) is 45.7 Å². The van der Waals surface area contributed by atoms with Gasteiger partial charge in [0.2, 0.25) is 15.9 Å². The van der Waals surface area contributed by atoms with E-state index in [4.69, 9.17) is 4.42 Å². The summed E-state index contributed by atoms with van der Waals surface area (Å²) in [6.45, 7) is 5.34. The first-order valence-corrected chi connectivity index (χ1v) is 13.2. The number of hydrogen-bond acceptors (Lipinski definition) is 6. The van der Waals surface area contributed by atoms with Crippen LogP contribution < -0.4 is 5.32 Å². The number of carbonyl (C=O) groups is 2. The van der Waals surface area contributed by atoms with E-state index in [1.807, 2.05) is 4.90 Å². The Morgan fingerprint density at radius 2 is 1.53 bits per heavy atom. The van der Waals surface area contributed by atoms with Gasteiger partial charge >= 0.3 is 0 Å². The summed E-state index contributed by atoms with van der Waals surface area (Å²) in [5.41, 5.74) is 0.557. The molecule has 0 saturated carbocycles. The second-order valence-corrected chi connectivity index (χ2v) is 10.8. The first-order valence-electron chi connectivity index (χ1n) is 11.8. The zero-order valence-electron chi connectivity index (χ0n) is 19.5. The normalized spacial score (nSPS) is 18.4. The van der Waals surface area contributed by atoms with Gasteiger partial charge in [-0.3, -0.25) is 14.5 Å². The Bertz CT molecular complexity index is 1100. The van der Waals surface area contributed by atoms with E-state index in [9.17, 15) is 18.0 Å². The van der Waals surface area contributed by atoms with Crippen molar-refractivity contribution in [3.05, 3.63) is 47.9 Å². The summed E-state index contributed by atoms with van der Waals surface area (Å²) in [5.74, 6) is 0.730. The third-order valence-electron chi connectivity index (χ3n) is 6.32. The van der Waals surface area contributed by atoms with Crippen molar-refractivity contribution in [3.8, 4) is 0 Å². The van der Waals surface area contributed by atoms with Gasteiger partial charge in [0.15, 0.2) is 5.76 Å².